The normalized spacial score (nSPS) is 12.8. The Morgan fingerprint density at radius 2 is 1.87 bits per heavy atom. The predicted octanol–water partition coefficient (Wildman–Crippen LogP) is 5.30. The smallest absolute Gasteiger partial charge is 0.253 e. The van der Waals surface area contributed by atoms with Crippen LogP contribution in [0.15, 0.2) is 48.5 Å². The second kappa shape index (κ2) is 10.0. The second-order valence-electron chi connectivity index (χ2n) is 6.73. The zero-order valence-electron chi connectivity index (χ0n) is 16.4. The van der Waals surface area contributed by atoms with Gasteiger partial charge in [0.1, 0.15) is 11.0 Å². The molecule has 1 aromatic heterocycles. The number of benzene rings is 2. The molecule has 0 aliphatic heterocycles. The van der Waals surface area contributed by atoms with Crippen LogP contribution >= 0.6 is 34.5 Å². The molecule has 0 bridgehead atoms. The fraction of sp³-hybridized carbons (Fsp3) is 0.238. The first-order valence-corrected chi connectivity index (χ1v) is 10.9. The Kier molecular flexibility index (Phi) is 7.42. The number of nitrogens with zero attached hydrogens (tertiary/aromatic N) is 2. The Labute approximate surface area is 188 Å². The molecular formula is C21H20Cl2N4O2S. The van der Waals surface area contributed by atoms with Crippen molar-refractivity contribution in [2.24, 2.45) is 5.92 Å². The Bertz CT molecular complexity index is 1060. The zero-order chi connectivity index (χ0) is 21.7. The molecule has 0 fully saturated rings. The number of carbonyl (C=O) groups excluding carboxylic acids is 2. The van der Waals surface area contributed by atoms with Crippen LogP contribution in [0.4, 0.5) is 5.13 Å². The molecule has 2 amide bonds. The number of hydrogen-bond donors (Lipinski definition) is 2. The third-order valence-electron chi connectivity index (χ3n) is 4.63. The van der Waals surface area contributed by atoms with Crippen LogP contribution in [0.25, 0.3) is 10.6 Å². The summed E-state index contributed by atoms with van der Waals surface area (Å²) in [6.45, 7) is 3.85. The van der Waals surface area contributed by atoms with Gasteiger partial charge in [-0.05, 0) is 30.2 Å². The van der Waals surface area contributed by atoms with Crippen LogP contribution in [-0.2, 0) is 4.79 Å². The lowest BCUT2D eigenvalue weighted by Gasteiger charge is -2.23. The van der Waals surface area contributed by atoms with Gasteiger partial charge in [-0.25, -0.2) is 0 Å². The van der Waals surface area contributed by atoms with Crippen LogP contribution in [-0.4, -0.2) is 28.1 Å². The highest BCUT2D eigenvalue weighted by molar-refractivity contribution is 7.18. The maximum absolute atomic E-state index is 12.9. The zero-order valence-corrected chi connectivity index (χ0v) is 18.7. The van der Waals surface area contributed by atoms with E-state index in [1.165, 1.54) is 11.3 Å². The van der Waals surface area contributed by atoms with Gasteiger partial charge in [0, 0.05) is 10.6 Å². The van der Waals surface area contributed by atoms with E-state index in [1.54, 1.807) is 36.4 Å². The third-order valence-corrected chi connectivity index (χ3v) is 6.08. The molecule has 2 aromatic carbocycles. The molecule has 1 heterocycles. The first-order chi connectivity index (χ1) is 14.4. The Morgan fingerprint density at radius 1 is 1.10 bits per heavy atom. The van der Waals surface area contributed by atoms with Gasteiger partial charge in [-0.15, -0.1) is 10.2 Å². The number of anilines is 1. The van der Waals surface area contributed by atoms with Crippen LogP contribution < -0.4 is 10.6 Å². The van der Waals surface area contributed by atoms with E-state index in [0.717, 1.165) is 5.56 Å². The molecule has 3 rings (SSSR count). The van der Waals surface area contributed by atoms with E-state index in [0.29, 0.717) is 32.2 Å². The summed E-state index contributed by atoms with van der Waals surface area (Å²) in [6, 6.07) is 13.2. The first-order valence-electron chi connectivity index (χ1n) is 9.34. The third kappa shape index (κ3) is 5.36. The number of halogens is 2. The van der Waals surface area contributed by atoms with Gasteiger partial charge in [-0.2, -0.15) is 0 Å². The molecule has 9 heteroatoms. The van der Waals surface area contributed by atoms with Crippen molar-refractivity contribution in [3.63, 3.8) is 0 Å². The van der Waals surface area contributed by atoms with Crippen molar-refractivity contribution < 1.29 is 9.59 Å². The monoisotopic (exact) mass is 462 g/mol. The molecular weight excluding hydrogens is 443 g/mol. The topological polar surface area (TPSA) is 84.0 Å². The molecule has 0 spiro atoms. The van der Waals surface area contributed by atoms with Gasteiger partial charge in [-0.3, -0.25) is 14.9 Å². The average molecular weight is 463 g/mol. The van der Waals surface area contributed by atoms with Crippen molar-refractivity contribution in [3.8, 4) is 10.6 Å². The van der Waals surface area contributed by atoms with Crippen LogP contribution in [0.5, 0.6) is 0 Å². The lowest BCUT2D eigenvalue weighted by atomic mass is 9.98. The summed E-state index contributed by atoms with van der Waals surface area (Å²) >= 11 is 13.4. The van der Waals surface area contributed by atoms with E-state index >= 15 is 0 Å². The van der Waals surface area contributed by atoms with Crippen LogP contribution in [0, 0.1) is 5.92 Å². The van der Waals surface area contributed by atoms with Crippen LogP contribution in [0.3, 0.4) is 0 Å². The SMILES string of the molecule is CCC(C)C(NC(=O)c1ccccc1Cl)C(=O)Nc1nnc(-c2cccc(Cl)c2)s1. The number of nitrogens with one attached hydrogen (secondary N) is 2. The van der Waals surface area contributed by atoms with Gasteiger partial charge in [0.25, 0.3) is 5.91 Å². The van der Waals surface area contributed by atoms with Gasteiger partial charge in [0.15, 0.2) is 0 Å². The van der Waals surface area contributed by atoms with Crippen molar-refractivity contribution in [2.45, 2.75) is 26.3 Å². The maximum Gasteiger partial charge on any atom is 0.253 e. The summed E-state index contributed by atoms with van der Waals surface area (Å²) in [4.78, 5) is 25.6. The quantitative estimate of drug-likeness (QED) is 0.499. The molecule has 2 N–H and O–H groups in total. The number of aromatic nitrogens is 2. The lowest BCUT2D eigenvalue weighted by Crippen LogP contribution is -2.47. The van der Waals surface area contributed by atoms with E-state index in [9.17, 15) is 9.59 Å². The summed E-state index contributed by atoms with van der Waals surface area (Å²) in [7, 11) is 0. The van der Waals surface area contributed by atoms with Crippen molar-refractivity contribution in [1.29, 1.82) is 0 Å². The van der Waals surface area contributed by atoms with Gasteiger partial charge >= 0.3 is 0 Å². The molecule has 2 atom stereocenters. The Balaban J connectivity index is 1.75. The highest BCUT2D eigenvalue weighted by Gasteiger charge is 2.28. The van der Waals surface area contributed by atoms with E-state index < -0.39 is 11.9 Å². The first kappa shape index (κ1) is 22.2. The molecule has 0 radical (unpaired) electrons. The van der Waals surface area contributed by atoms with E-state index in [-0.39, 0.29) is 11.8 Å². The van der Waals surface area contributed by atoms with Crippen molar-refractivity contribution in [3.05, 3.63) is 64.1 Å². The molecule has 0 saturated carbocycles. The average Bonchev–Trinajstić information content (AvgIpc) is 3.20. The number of rotatable bonds is 7. The predicted molar refractivity (Wildman–Crippen MR) is 121 cm³/mol. The van der Waals surface area contributed by atoms with Crippen LogP contribution in [0.1, 0.15) is 30.6 Å². The molecule has 3 aromatic rings. The summed E-state index contributed by atoms with van der Waals surface area (Å²) in [5, 5.41) is 15.6. The fourth-order valence-electron chi connectivity index (χ4n) is 2.76. The molecule has 2 unspecified atom stereocenters. The van der Waals surface area contributed by atoms with Crippen LogP contribution in [0.2, 0.25) is 10.0 Å². The van der Waals surface area contributed by atoms with E-state index in [2.05, 4.69) is 20.8 Å². The second-order valence-corrected chi connectivity index (χ2v) is 8.55. The van der Waals surface area contributed by atoms with E-state index in [1.807, 2.05) is 26.0 Å². The summed E-state index contributed by atoms with van der Waals surface area (Å²) < 4.78 is 0. The largest absolute Gasteiger partial charge is 0.340 e. The molecule has 0 aliphatic rings. The van der Waals surface area contributed by atoms with Crippen molar-refractivity contribution >= 4 is 51.5 Å². The minimum atomic E-state index is -0.753. The summed E-state index contributed by atoms with van der Waals surface area (Å²) in [6.07, 6.45) is 0.699. The Morgan fingerprint density at radius 3 is 2.57 bits per heavy atom. The molecule has 0 saturated heterocycles. The summed E-state index contributed by atoms with van der Waals surface area (Å²) in [5.41, 5.74) is 1.13. The summed E-state index contributed by atoms with van der Waals surface area (Å²) in [5.74, 6) is -0.867. The highest BCUT2D eigenvalue weighted by atomic mass is 35.5. The number of amides is 2. The standard InChI is InChI=1S/C21H20Cl2N4O2S/c1-3-12(2)17(24-18(28)15-9-4-5-10-16(15)23)19(29)25-21-27-26-20(30-21)13-7-6-8-14(22)11-13/h4-12,17H,3H2,1-2H3,(H,24,28)(H,25,27,29). The molecule has 6 nitrogen and oxygen atoms in total. The van der Waals surface area contributed by atoms with Gasteiger partial charge in [0.05, 0.1) is 10.6 Å². The van der Waals surface area contributed by atoms with Crippen molar-refractivity contribution in [2.75, 3.05) is 5.32 Å². The minimum absolute atomic E-state index is 0.100. The molecule has 30 heavy (non-hydrogen) atoms. The molecule has 0 aliphatic carbocycles. The highest BCUT2D eigenvalue weighted by Crippen LogP contribution is 2.28. The number of carbonyl (C=O) groups is 2. The van der Waals surface area contributed by atoms with E-state index in [4.69, 9.17) is 23.2 Å². The fourth-order valence-corrected chi connectivity index (χ4v) is 3.92. The Hall–Kier alpha value is -2.48. The van der Waals surface area contributed by atoms with Gasteiger partial charge in [0.2, 0.25) is 11.0 Å². The minimum Gasteiger partial charge on any atom is -0.340 e. The maximum atomic E-state index is 12.9. The van der Waals surface area contributed by atoms with Crippen molar-refractivity contribution in [1.82, 2.24) is 15.5 Å². The van der Waals surface area contributed by atoms with Gasteiger partial charge in [-0.1, -0.05) is 79.1 Å². The lowest BCUT2D eigenvalue weighted by molar-refractivity contribution is -0.119. The molecule has 156 valence electrons. The number of hydrogen-bond acceptors (Lipinski definition) is 5. The van der Waals surface area contributed by atoms with Gasteiger partial charge < -0.3 is 5.32 Å².